The molecule has 0 aromatic carbocycles. The third kappa shape index (κ3) is 6.50. The lowest BCUT2D eigenvalue weighted by Crippen LogP contribution is -2.20. The largest absolute Gasteiger partial charge is 0.286 e. The molecule has 0 aliphatic rings. The fourth-order valence-corrected chi connectivity index (χ4v) is 2.41. The predicted molar refractivity (Wildman–Crippen MR) is 49.0 cm³/mol. The first-order chi connectivity index (χ1) is 3.95. The Kier molecular flexibility index (Phi) is 3.95. The summed E-state index contributed by atoms with van der Waals surface area (Å²) in [5.74, 6) is 0. The van der Waals surface area contributed by atoms with Crippen LogP contribution >= 0.6 is 6.19 Å². The van der Waals surface area contributed by atoms with E-state index in [2.05, 4.69) is 32.3 Å². The Balaban J connectivity index is 3.60. The molecule has 0 amide bonds. The molecule has 1 atom stereocenters. The third-order valence-electron chi connectivity index (χ3n) is 1.14. The predicted octanol–water partition coefficient (Wildman–Crippen LogP) is 2.03. The summed E-state index contributed by atoms with van der Waals surface area (Å²) in [4.78, 5) is 0. The minimum atomic E-state index is -1.16. The number of hydrogen-bond acceptors (Lipinski definition) is 1. The van der Waals surface area contributed by atoms with Gasteiger partial charge in [-0.1, -0.05) is 18.7 Å². The van der Waals surface area contributed by atoms with Crippen LogP contribution in [0.4, 0.5) is 0 Å². The van der Waals surface area contributed by atoms with E-state index in [1.165, 1.54) is 6.42 Å². The lowest BCUT2D eigenvalue weighted by molar-refractivity contribution is 0.662. The van der Waals surface area contributed by atoms with Crippen molar-refractivity contribution in [3.63, 3.8) is 0 Å². The van der Waals surface area contributed by atoms with Gasteiger partial charge in [0.2, 0.25) is 0 Å². The van der Waals surface area contributed by atoms with Crippen molar-refractivity contribution in [1.29, 1.82) is 0 Å². The molecule has 0 radical (unpaired) electrons. The minimum Gasteiger partial charge on any atom is -0.286 e. The summed E-state index contributed by atoms with van der Waals surface area (Å²) in [6.45, 7) is 8.58. The monoisotopic (exact) mass is 165 g/mol. The zero-order valence-electron chi connectivity index (χ0n) is 6.64. The molecule has 0 saturated carbocycles. The zero-order valence-corrected chi connectivity index (χ0v) is 8.35. The summed E-state index contributed by atoms with van der Waals surface area (Å²) < 4.78 is 0. The highest BCUT2D eigenvalue weighted by Crippen LogP contribution is 2.31. The van der Waals surface area contributed by atoms with Crippen LogP contribution in [0, 0.1) is 0 Å². The Bertz CT molecular complexity index is 118. The van der Waals surface area contributed by atoms with Crippen LogP contribution < -0.4 is 5.09 Å². The van der Waals surface area contributed by atoms with Crippen molar-refractivity contribution in [2.45, 2.75) is 26.3 Å². The quantitative estimate of drug-likeness (QED) is 0.642. The zero-order chi connectivity index (χ0) is 7.49. The molecule has 0 saturated heterocycles. The number of nitrogens with one attached hydrogen (secondary N) is 1. The highest BCUT2D eigenvalue weighted by atomic mass is 32.4. The number of hydrogen-bond donors (Lipinski definition) is 1. The van der Waals surface area contributed by atoms with E-state index < -0.39 is 6.19 Å². The molecule has 0 fully saturated rings. The molecule has 0 spiro atoms. The van der Waals surface area contributed by atoms with Crippen LogP contribution in [0.2, 0.25) is 0 Å². The van der Waals surface area contributed by atoms with Gasteiger partial charge in [-0.25, -0.2) is 0 Å². The van der Waals surface area contributed by atoms with Gasteiger partial charge < -0.3 is 0 Å². The van der Waals surface area contributed by atoms with Crippen LogP contribution in [0.3, 0.4) is 0 Å². The van der Waals surface area contributed by atoms with Crippen LogP contribution in [0.1, 0.15) is 20.3 Å². The van der Waals surface area contributed by atoms with Crippen LogP contribution in [-0.2, 0) is 11.8 Å². The molecule has 0 aliphatic carbocycles. The van der Waals surface area contributed by atoms with E-state index in [9.17, 15) is 0 Å². The fourth-order valence-electron chi connectivity index (χ4n) is 0.622. The van der Waals surface area contributed by atoms with Crippen molar-refractivity contribution in [3.05, 3.63) is 0 Å². The van der Waals surface area contributed by atoms with Crippen molar-refractivity contribution in [2.75, 3.05) is 13.3 Å². The Morgan fingerprint density at radius 3 is 2.11 bits per heavy atom. The van der Waals surface area contributed by atoms with Gasteiger partial charge in [0.1, 0.15) is 0 Å². The molecule has 0 heterocycles. The highest BCUT2D eigenvalue weighted by molar-refractivity contribution is 8.13. The summed E-state index contributed by atoms with van der Waals surface area (Å²) in [7, 11) is 0. The lowest BCUT2D eigenvalue weighted by Gasteiger charge is -2.17. The van der Waals surface area contributed by atoms with E-state index in [0.717, 1.165) is 0 Å². The topological polar surface area (TPSA) is 12.0 Å². The smallest absolute Gasteiger partial charge is 0.00786 e. The summed E-state index contributed by atoms with van der Waals surface area (Å²) >= 11 is 5.23. The van der Waals surface area contributed by atoms with E-state index in [1.54, 1.807) is 0 Å². The van der Waals surface area contributed by atoms with Crippen molar-refractivity contribution >= 4 is 18.0 Å². The summed E-state index contributed by atoms with van der Waals surface area (Å²) in [6, 6.07) is 0.589. The Morgan fingerprint density at radius 2 is 2.00 bits per heavy atom. The molecule has 3 heteroatoms. The Morgan fingerprint density at radius 1 is 1.56 bits per heavy atom. The maximum absolute atomic E-state index is 5.23. The molecule has 0 aromatic rings. The second-order valence-electron chi connectivity index (χ2n) is 2.79. The van der Waals surface area contributed by atoms with Crippen molar-refractivity contribution in [1.82, 2.24) is 5.09 Å². The van der Waals surface area contributed by atoms with Gasteiger partial charge in [0, 0.05) is 12.2 Å². The van der Waals surface area contributed by atoms with Crippen LogP contribution in [0.5, 0.6) is 0 Å². The average Bonchev–Trinajstić information content (AvgIpc) is 1.62. The SMILES string of the molecule is CCC(C)NP(C)(C)=S. The molecule has 1 nitrogen and oxygen atoms in total. The van der Waals surface area contributed by atoms with E-state index in [4.69, 9.17) is 11.8 Å². The van der Waals surface area contributed by atoms with E-state index in [-0.39, 0.29) is 0 Å². The number of rotatable bonds is 3. The molecule has 0 aliphatic heterocycles. The Hall–Kier alpha value is 0.610. The minimum absolute atomic E-state index is 0.589. The van der Waals surface area contributed by atoms with E-state index in [1.807, 2.05) is 0 Å². The van der Waals surface area contributed by atoms with Gasteiger partial charge >= 0.3 is 0 Å². The Labute approximate surface area is 63.3 Å². The normalized spacial score (nSPS) is 15.6. The van der Waals surface area contributed by atoms with Crippen molar-refractivity contribution < 1.29 is 0 Å². The third-order valence-corrected chi connectivity index (χ3v) is 2.52. The molecular formula is C6H16NPS. The summed E-state index contributed by atoms with van der Waals surface area (Å²) in [5.41, 5.74) is 0. The van der Waals surface area contributed by atoms with Crippen molar-refractivity contribution in [2.24, 2.45) is 0 Å². The molecular weight excluding hydrogens is 149 g/mol. The second kappa shape index (κ2) is 3.70. The molecule has 1 N–H and O–H groups in total. The summed E-state index contributed by atoms with van der Waals surface area (Å²) in [6.07, 6.45) is 0.0117. The van der Waals surface area contributed by atoms with Gasteiger partial charge in [0.25, 0.3) is 0 Å². The summed E-state index contributed by atoms with van der Waals surface area (Å²) in [5, 5.41) is 3.39. The van der Waals surface area contributed by atoms with Gasteiger partial charge in [-0.3, -0.25) is 5.09 Å². The fraction of sp³-hybridized carbons (Fsp3) is 1.00. The molecule has 0 aromatic heterocycles. The molecule has 0 bridgehead atoms. The first-order valence-electron chi connectivity index (χ1n) is 3.28. The maximum atomic E-state index is 5.23. The first kappa shape index (κ1) is 9.61. The van der Waals surface area contributed by atoms with Gasteiger partial charge in [-0.2, -0.15) is 0 Å². The van der Waals surface area contributed by atoms with Gasteiger partial charge in [-0.15, -0.1) is 0 Å². The van der Waals surface area contributed by atoms with E-state index >= 15 is 0 Å². The standard InChI is InChI=1S/C6H16NPS/c1-5-6(2)7-8(3,4)9/h6H,5H2,1-4H3,(H,7,9). The van der Waals surface area contributed by atoms with Crippen LogP contribution in [0.25, 0.3) is 0 Å². The van der Waals surface area contributed by atoms with Crippen LogP contribution in [-0.4, -0.2) is 19.4 Å². The first-order valence-corrected chi connectivity index (χ1v) is 6.98. The second-order valence-corrected chi connectivity index (χ2v) is 8.49. The van der Waals surface area contributed by atoms with Crippen LogP contribution in [0.15, 0.2) is 0 Å². The van der Waals surface area contributed by atoms with Gasteiger partial charge in [0.05, 0.1) is 0 Å². The van der Waals surface area contributed by atoms with E-state index in [0.29, 0.717) is 6.04 Å². The van der Waals surface area contributed by atoms with Gasteiger partial charge in [0.15, 0.2) is 0 Å². The molecule has 0 rings (SSSR count). The lowest BCUT2D eigenvalue weighted by atomic mass is 10.3. The van der Waals surface area contributed by atoms with Gasteiger partial charge in [-0.05, 0) is 26.7 Å². The average molecular weight is 165 g/mol. The molecule has 9 heavy (non-hydrogen) atoms. The maximum Gasteiger partial charge on any atom is 0.00786 e. The van der Waals surface area contributed by atoms with Crippen molar-refractivity contribution in [3.8, 4) is 0 Å². The molecule has 1 unspecified atom stereocenters. The molecule has 56 valence electrons. The highest BCUT2D eigenvalue weighted by Gasteiger charge is 2.04.